The van der Waals surface area contributed by atoms with Gasteiger partial charge in [-0.15, -0.1) is 0 Å². The number of fused-ring (bicyclic) bond motifs is 1. The number of carbonyl (C=O) groups is 1. The van der Waals surface area contributed by atoms with Crippen LogP contribution in [-0.2, 0) is 9.53 Å². The Bertz CT molecular complexity index is 839. The molecule has 1 aromatic heterocycles. The van der Waals surface area contributed by atoms with Crippen molar-refractivity contribution in [1.29, 1.82) is 0 Å². The van der Waals surface area contributed by atoms with E-state index >= 15 is 0 Å². The summed E-state index contributed by atoms with van der Waals surface area (Å²) in [5, 5.41) is 6.04. The van der Waals surface area contributed by atoms with E-state index in [1.165, 1.54) is 6.39 Å². The van der Waals surface area contributed by atoms with Crippen LogP contribution in [0, 0.1) is 0 Å². The summed E-state index contributed by atoms with van der Waals surface area (Å²) in [6.07, 6.45) is 6.43. The van der Waals surface area contributed by atoms with Crippen LogP contribution in [-0.4, -0.2) is 36.1 Å². The first-order valence-corrected chi connectivity index (χ1v) is 7.97. The summed E-state index contributed by atoms with van der Waals surface area (Å²) in [5.41, 5.74) is 2.66. The second-order valence-corrected chi connectivity index (χ2v) is 5.98. The van der Waals surface area contributed by atoms with Crippen LogP contribution in [0.25, 0.3) is 17.2 Å². The second kappa shape index (κ2) is 6.09. The van der Waals surface area contributed by atoms with Crippen molar-refractivity contribution in [3.63, 3.8) is 0 Å². The SMILES string of the molecule is CO[C@@H]1CCC[C@H]1NC1=N/C(=C\c2ccc3ncoc3c2)C(=O)N1. The maximum Gasteiger partial charge on any atom is 0.276 e. The fourth-order valence-electron chi connectivity index (χ4n) is 3.21. The summed E-state index contributed by atoms with van der Waals surface area (Å²) >= 11 is 0. The zero-order valence-electron chi connectivity index (χ0n) is 13.3. The van der Waals surface area contributed by atoms with Crippen molar-refractivity contribution in [1.82, 2.24) is 15.6 Å². The molecule has 124 valence electrons. The molecule has 2 heterocycles. The molecule has 7 heteroatoms. The Balaban J connectivity index is 1.54. The molecule has 1 aliphatic heterocycles. The number of rotatable bonds is 3. The lowest BCUT2D eigenvalue weighted by Crippen LogP contribution is -2.46. The monoisotopic (exact) mass is 326 g/mol. The molecule has 2 aliphatic rings. The van der Waals surface area contributed by atoms with Gasteiger partial charge in [0.05, 0.1) is 12.1 Å². The van der Waals surface area contributed by atoms with Crippen molar-refractivity contribution in [3.8, 4) is 0 Å². The number of amides is 1. The molecule has 2 N–H and O–H groups in total. The van der Waals surface area contributed by atoms with Gasteiger partial charge in [0.1, 0.15) is 11.2 Å². The maximum absolute atomic E-state index is 12.1. The topological polar surface area (TPSA) is 88.8 Å². The molecule has 0 saturated heterocycles. The molecule has 1 amide bonds. The first-order valence-electron chi connectivity index (χ1n) is 7.97. The van der Waals surface area contributed by atoms with E-state index in [4.69, 9.17) is 9.15 Å². The van der Waals surface area contributed by atoms with Gasteiger partial charge in [0, 0.05) is 7.11 Å². The number of aromatic nitrogens is 1. The fourth-order valence-corrected chi connectivity index (χ4v) is 3.21. The van der Waals surface area contributed by atoms with Crippen molar-refractivity contribution in [2.45, 2.75) is 31.4 Å². The number of nitrogens with zero attached hydrogens (tertiary/aromatic N) is 2. The van der Waals surface area contributed by atoms with Crippen molar-refractivity contribution in [2.75, 3.05) is 7.11 Å². The molecular formula is C17H18N4O3. The Morgan fingerprint density at radius 2 is 2.33 bits per heavy atom. The molecule has 1 fully saturated rings. The van der Waals surface area contributed by atoms with Crippen LogP contribution in [0.1, 0.15) is 24.8 Å². The molecule has 0 spiro atoms. The molecule has 1 saturated carbocycles. The fraction of sp³-hybridized carbons (Fsp3) is 0.353. The number of nitrogens with one attached hydrogen (secondary N) is 2. The number of hydrogen-bond acceptors (Lipinski definition) is 6. The van der Waals surface area contributed by atoms with Gasteiger partial charge >= 0.3 is 0 Å². The lowest BCUT2D eigenvalue weighted by atomic mass is 10.2. The van der Waals surface area contributed by atoms with Gasteiger partial charge in [-0.2, -0.15) is 0 Å². The van der Waals surface area contributed by atoms with E-state index in [1.54, 1.807) is 13.2 Å². The smallest absolute Gasteiger partial charge is 0.276 e. The van der Waals surface area contributed by atoms with Crippen molar-refractivity contribution >= 4 is 29.0 Å². The Kier molecular flexibility index (Phi) is 3.78. The quantitative estimate of drug-likeness (QED) is 0.840. The highest BCUT2D eigenvalue weighted by Crippen LogP contribution is 2.22. The van der Waals surface area contributed by atoms with E-state index in [2.05, 4.69) is 20.6 Å². The summed E-state index contributed by atoms with van der Waals surface area (Å²) in [5.74, 6) is 0.267. The van der Waals surface area contributed by atoms with E-state index in [0.29, 0.717) is 17.2 Å². The molecule has 0 radical (unpaired) electrons. The van der Waals surface area contributed by atoms with Gasteiger partial charge in [-0.1, -0.05) is 6.07 Å². The van der Waals surface area contributed by atoms with E-state index in [0.717, 1.165) is 30.3 Å². The summed E-state index contributed by atoms with van der Waals surface area (Å²) in [6, 6.07) is 5.74. The standard InChI is InChI=1S/C17H18N4O3/c1-23-14-4-2-3-12(14)19-17-20-13(16(22)21-17)7-10-5-6-11-15(8-10)24-9-18-11/h5-9,12,14H,2-4H2,1H3,(H2,19,20,21,22)/b13-7-/t12-,14-/m1/s1. The predicted molar refractivity (Wildman–Crippen MR) is 89.1 cm³/mol. The number of methoxy groups -OCH3 is 1. The highest BCUT2D eigenvalue weighted by molar-refractivity contribution is 6.13. The van der Waals surface area contributed by atoms with Crippen LogP contribution >= 0.6 is 0 Å². The lowest BCUT2D eigenvalue weighted by Gasteiger charge is -2.19. The Hall–Kier alpha value is -2.67. The molecule has 4 rings (SSSR count). The van der Waals surface area contributed by atoms with Crippen molar-refractivity contribution < 1.29 is 13.9 Å². The van der Waals surface area contributed by atoms with Gasteiger partial charge in [0.2, 0.25) is 5.96 Å². The van der Waals surface area contributed by atoms with E-state index in [1.807, 2.05) is 18.2 Å². The zero-order chi connectivity index (χ0) is 16.5. The van der Waals surface area contributed by atoms with Crippen LogP contribution in [0.5, 0.6) is 0 Å². The lowest BCUT2D eigenvalue weighted by molar-refractivity contribution is -0.115. The van der Waals surface area contributed by atoms with Gasteiger partial charge in [0.25, 0.3) is 5.91 Å². The van der Waals surface area contributed by atoms with Gasteiger partial charge in [-0.05, 0) is 43.0 Å². The third kappa shape index (κ3) is 2.78. The average Bonchev–Trinajstić information content (AvgIpc) is 3.28. The van der Waals surface area contributed by atoms with E-state index < -0.39 is 0 Å². The normalized spacial score (nSPS) is 25.3. The summed E-state index contributed by atoms with van der Waals surface area (Å²) in [4.78, 5) is 20.6. The van der Waals surface area contributed by atoms with Gasteiger partial charge in [-0.25, -0.2) is 9.98 Å². The Morgan fingerprint density at radius 1 is 1.42 bits per heavy atom. The first-order chi connectivity index (χ1) is 11.7. The summed E-state index contributed by atoms with van der Waals surface area (Å²) < 4.78 is 10.7. The summed E-state index contributed by atoms with van der Waals surface area (Å²) in [7, 11) is 1.71. The molecule has 1 aliphatic carbocycles. The zero-order valence-corrected chi connectivity index (χ0v) is 13.3. The third-order valence-electron chi connectivity index (χ3n) is 4.43. The third-order valence-corrected chi connectivity index (χ3v) is 4.43. The number of carbonyl (C=O) groups excluding carboxylic acids is 1. The number of ether oxygens (including phenoxy) is 1. The van der Waals surface area contributed by atoms with E-state index in [9.17, 15) is 4.79 Å². The molecule has 1 aromatic carbocycles. The molecule has 7 nitrogen and oxygen atoms in total. The average molecular weight is 326 g/mol. The number of aliphatic imine (C=N–C) groups is 1. The second-order valence-electron chi connectivity index (χ2n) is 5.98. The van der Waals surface area contributed by atoms with E-state index in [-0.39, 0.29) is 18.1 Å². The minimum absolute atomic E-state index is 0.159. The van der Waals surface area contributed by atoms with Crippen LogP contribution in [0.4, 0.5) is 0 Å². The van der Waals surface area contributed by atoms with Crippen LogP contribution < -0.4 is 10.6 Å². The Morgan fingerprint density at radius 3 is 3.21 bits per heavy atom. The first kappa shape index (κ1) is 14.9. The number of benzene rings is 1. The van der Waals surface area contributed by atoms with Gasteiger partial charge < -0.3 is 14.5 Å². The van der Waals surface area contributed by atoms with Crippen LogP contribution in [0.3, 0.4) is 0 Å². The maximum atomic E-state index is 12.1. The highest BCUT2D eigenvalue weighted by atomic mass is 16.5. The van der Waals surface area contributed by atoms with Crippen molar-refractivity contribution in [3.05, 3.63) is 35.9 Å². The molecule has 0 unspecified atom stereocenters. The van der Waals surface area contributed by atoms with Crippen LogP contribution in [0.2, 0.25) is 0 Å². The molecule has 24 heavy (non-hydrogen) atoms. The minimum Gasteiger partial charge on any atom is -0.443 e. The molecular weight excluding hydrogens is 308 g/mol. The minimum atomic E-state index is -0.220. The predicted octanol–water partition coefficient (Wildman–Crippen LogP) is 1.81. The Labute approximate surface area is 138 Å². The highest BCUT2D eigenvalue weighted by Gasteiger charge is 2.30. The van der Waals surface area contributed by atoms with Gasteiger partial charge in [0.15, 0.2) is 12.0 Å². The molecule has 2 aromatic rings. The van der Waals surface area contributed by atoms with Crippen molar-refractivity contribution in [2.24, 2.45) is 4.99 Å². The number of oxazole rings is 1. The van der Waals surface area contributed by atoms with Gasteiger partial charge in [-0.3, -0.25) is 10.1 Å². The summed E-state index contributed by atoms with van der Waals surface area (Å²) in [6.45, 7) is 0. The molecule has 2 atom stereocenters. The number of guanidine groups is 1. The number of hydrogen-bond donors (Lipinski definition) is 2. The van der Waals surface area contributed by atoms with Crippen LogP contribution in [0.15, 0.2) is 39.7 Å². The molecule has 0 bridgehead atoms. The largest absolute Gasteiger partial charge is 0.443 e.